The van der Waals surface area contributed by atoms with E-state index in [0.717, 1.165) is 22.1 Å². The van der Waals surface area contributed by atoms with Gasteiger partial charge in [0.25, 0.3) is 0 Å². The summed E-state index contributed by atoms with van der Waals surface area (Å²) in [5.41, 5.74) is 7.07. The van der Waals surface area contributed by atoms with Crippen LogP contribution in [0.15, 0.2) is 12.3 Å². The molecule has 2 aromatic rings. The SMILES string of the molecule is Cc1nc(NC(=O)N2C[C@@H](N(C)C)C[C@H]2C(N)=O)sc1-c1ccnc(C(C)C)n1. The van der Waals surface area contributed by atoms with E-state index in [9.17, 15) is 9.59 Å². The van der Waals surface area contributed by atoms with Gasteiger partial charge in [0.2, 0.25) is 5.91 Å². The van der Waals surface area contributed by atoms with E-state index in [-0.39, 0.29) is 18.0 Å². The molecule has 0 spiro atoms. The van der Waals surface area contributed by atoms with Crippen molar-refractivity contribution >= 4 is 28.4 Å². The number of aromatic nitrogens is 3. The number of nitrogens with zero attached hydrogens (tertiary/aromatic N) is 5. The highest BCUT2D eigenvalue weighted by Crippen LogP contribution is 2.32. The first-order valence-electron chi connectivity index (χ1n) is 9.51. The Morgan fingerprint density at radius 1 is 1.34 bits per heavy atom. The highest BCUT2D eigenvalue weighted by atomic mass is 32.1. The number of thiazole rings is 1. The van der Waals surface area contributed by atoms with Crippen molar-refractivity contribution in [3.05, 3.63) is 23.8 Å². The number of nitrogens with two attached hydrogens (primary N) is 1. The molecule has 1 aliphatic rings. The van der Waals surface area contributed by atoms with E-state index in [1.54, 1.807) is 6.20 Å². The Hall–Kier alpha value is -2.59. The van der Waals surface area contributed by atoms with Crippen LogP contribution in [-0.4, -0.2) is 69.4 Å². The normalized spacial score (nSPS) is 19.2. The Kier molecular flexibility index (Phi) is 6.13. The maximum Gasteiger partial charge on any atom is 0.324 e. The third-order valence-electron chi connectivity index (χ3n) is 5.03. The predicted octanol–water partition coefficient (Wildman–Crippen LogP) is 2.05. The molecule has 2 atom stereocenters. The van der Waals surface area contributed by atoms with Crippen LogP contribution in [0.3, 0.4) is 0 Å². The van der Waals surface area contributed by atoms with Crippen LogP contribution < -0.4 is 11.1 Å². The van der Waals surface area contributed by atoms with Crippen LogP contribution in [0.5, 0.6) is 0 Å². The van der Waals surface area contributed by atoms with Crippen LogP contribution in [0, 0.1) is 6.92 Å². The van der Waals surface area contributed by atoms with E-state index in [0.29, 0.717) is 18.1 Å². The topological polar surface area (TPSA) is 117 Å². The zero-order valence-corrected chi connectivity index (χ0v) is 18.2. The lowest BCUT2D eigenvalue weighted by Gasteiger charge is -2.22. The lowest BCUT2D eigenvalue weighted by Crippen LogP contribution is -2.45. The molecule has 29 heavy (non-hydrogen) atoms. The van der Waals surface area contributed by atoms with Gasteiger partial charge in [0.1, 0.15) is 11.9 Å². The van der Waals surface area contributed by atoms with Crippen LogP contribution in [0.4, 0.5) is 9.93 Å². The quantitative estimate of drug-likeness (QED) is 0.769. The van der Waals surface area contributed by atoms with Crippen molar-refractivity contribution in [3.8, 4) is 10.6 Å². The molecule has 0 aliphatic carbocycles. The van der Waals surface area contributed by atoms with Crippen LogP contribution in [0.1, 0.15) is 37.7 Å². The van der Waals surface area contributed by atoms with Crippen molar-refractivity contribution in [1.82, 2.24) is 24.8 Å². The first kappa shape index (κ1) is 21.1. The van der Waals surface area contributed by atoms with E-state index in [4.69, 9.17) is 5.73 Å². The fraction of sp³-hybridized carbons (Fsp3) is 0.526. The third kappa shape index (κ3) is 4.54. The van der Waals surface area contributed by atoms with Gasteiger partial charge in [-0.1, -0.05) is 25.2 Å². The van der Waals surface area contributed by atoms with Crippen molar-refractivity contribution in [3.63, 3.8) is 0 Å². The number of carbonyl (C=O) groups excluding carboxylic acids is 2. The summed E-state index contributed by atoms with van der Waals surface area (Å²) in [6, 6.07) is 0.924. The van der Waals surface area contributed by atoms with Crippen molar-refractivity contribution < 1.29 is 9.59 Å². The molecule has 3 heterocycles. The summed E-state index contributed by atoms with van der Waals surface area (Å²) >= 11 is 1.35. The third-order valence-corrected chi connectivity index (χ3v) is 6.13. The fourth-order valence-corrected chi connectivity index (χ4v) is 4.24. The number of primary amides is 1. The summed E-state index contributed by atoms with van der Waals surface area (Å²) in [4.78, 5) is 42.4. The van der Waals surface area contributed by atoms with Gasteiger partial charge in [-0.25, -0.2) is 19.7 Å². The van der Waals surface area contributed by atoms with Gasteiger partial charge in [-0.3, -0.25) is 10.1 Å². The molecule has 3 rings (SSSR count). The van der Waals surface area contributed by atoms with E-state index in [2.05, 4.69) is 20.3 Å². The van der Waals surface area contributed by atoms with Crippen LogP contribution >= 0.6 is 11.3 Å². The minimum atomic E-state index is -0.626. The van der Waals surface area contributed by atoms with Crippen LogP contribution in [0.25, 0.3) is 10.6 Å². The maximum atomic E-state index is 12.8. The molecule has 10 heteroatoms. The first-order chi connectivity index (χ1) is 13.7. The van der Waals surface area contributed by atoms with Crippen LogP contribution in [0.2, 0.25) is 0 Å². The number of carbonyl (C=O) groups is 2. The number of hydrogen-bond donors (Lipinski definition) is 2. The second-order valence-electron chi connectivity index (χ2n) is 7.74. The molecule has 156 valence electrons. The molecule has 1 aliphatic heterocycles. The van der Waals surface area contributed by atoms with Gasteiger partial charge >= 0.3 is 6.03 Å². The minimum Gasteiger partial charge on any atom is -0.368 e. The van der Waals surface area contributed by atoms with Gasteiger partial charge in [-0.15, -0.1) is 0 Å². The highest BCUT2D eigenvalue weighted by Gasteiger charge is 2.39. The number of likely N-dealkylation sites (tertiary alicyclic amines) is 1. The first-order valence-corrected chi connectivity index (χ1v) is 10.3. The zero-order chi connectivity index (χ0) is 21.3. The fourth-order valence-electron chi connectivity index (χ4n) is 3.31. The number of aryl methyl sites for hydroxylation is 1. The van der Waals surface area contributed by atoms with Crippen molar-refractivity contribution in [2.45, 2.75) is 45.2 Å². The van der Waals surface area contributed by atoms with Gasteiger partial charge in [0.15, 0.2) is 5.13 Å². The summed E-state index contributed by atoms with van der Waals surface area (Å²) in [5.74, 6) is 0.479. The Bertz CT molecular complexity index is 912. The monoisotopic (exact) mass is 417 g/mol. The molecular weight excluding hydrogens is 390 g/mol. The van der Waals surface area contributed by atoms with E-state index in [1.807, 2.05) is 45.8 Å². The lowest BCUT2D eigenvalue weighted by atomic mass is 10.1. The molecule has 1 saturated heterocycles. The van der Waals surface area contributed by atoms with Crippen molar-refractivity contribution in [2.75, 3.05) is 26.0 Å². The molecule has 0 aromatic carbocycles. The Morgan fingerprint density at radius 2 is 2.07 bits per heavy atom. The Balaban J connectivity index is 1.79. The van der Waals surface area contributed by atoms with E-state index < -0.39 is 11.9 Å². The molecule has 0 radical (unpaired) electrons. The number of hydrogen-bond acceptors (Lipinski definition) is 7. The summed E-state index contributed by atoms with van der Waals surface area (Å²) < 4.78 is 0. The van der Waals surface area contributed by atoms with E-state index >= 15 is 0 Å². The second kappa shape index (κ2) is 8.42. The summed E-state index contributed by atoms with van der Waals surface area (Å²) in [5, 5.41) is 3.28. The number of urea groups is 1. The molecule has 3 N–H and O–H groups in total. The summed E-state index contributed by atoms with van der Waals surface area (Å²) in [7, 11) is 3.85. The predicted molar refractivity (Wildman–Crippen MR) is 113 cm³/mol. The number of nitrogens with one attached hydrogen (secondary N) is 1. The second-order valence-corrected chi connectivity index (χ2v) is 8.74. The molecule has 1 fully saturated rings. The summed E-state index contributed by atoms with van der Waals surface area (Å²) in [6.07, 6.45) is 2.26. The number of likely N-dealkylation sites (N-methyl/N-ethyl adjacent to an activating group) is 1. The van der Waals surface area contributed by atoms with Gasteiger partial charge in [-0.2, -0.15) is 0 Å². The summed E-state index contributed by atoms with van der Waals surface area (Å²) in [6.45, 7) is 6.39. The van der Waals surface area contributed by atoms with Crippen molar-refractivity contribution in [2.24, 2.45) is 5.73 Å². The van der Waals surface area contributed by atoms with Crippen molar-refractivity contribution in [1.29, 1.82) is 0 Å². The smallest absolute Gasteiger partial charge is 0.324 e. The molecular formula is C19H27N7O2S. The van der Waals surface area contributed by atoms with Gasteiger partial charge in [-0.05, 0) is 33.5 Å². The molecule has 0 unspecified atom stereocenters. The highest BCUT2D eigenvalue weighted by molar-refractivity contribution is 7.19. The molecule has 9 nitrogen and oxygen atoms in total. The standard InChI is InChI=1S/C19H27N7O2S/c1-10(2)17-21-7-6-13(23-17)15-11(3)22-18(29-15)24-19(28)26-9-12(25(4)5)8-14(26)16(20)27/h6-7,10,12,14H,8-9H2,1-5H3,(H2,20,27)(H,22,24,28)/t12-,14-/m0/s1. The zero-order valence-electron chi connectivity index (χ0n) is 17.3. The minimum absolute atomic E-state index is 0.0855. The number of anilines is 1. The maximum absolute atomic E-state index is 12.8. The Labute approximate surface area is 174 Å². The molecule has 0 bridgehead atoms. The van der Waals surface area contributed by atoms with Crippen LogP contribution in [-0.2, 0) is 4.79 Å². The number of rotatable bonds is 5. The molecule has 3 amide bonds. The average molecular weight is 418 g/mol. The Morgan fingerprint density at radius 3 is 2.69 bits per heavy atom. The lowest BCUT2D eigenvalue weighted by molar-refractivity contribution is -0.121. The largest absolute Gasteiger partial charge is 0.368 e. The van der Waals surface area contributed by atoms with Gasteiger partial charge in [0.05, 0.1) is 16.3 Å². The van der Waals surface area contributed by atoms with E-state index in [1.165, 1.54) is 16.2 Å². The average Bonchev–Trinajstić information content (AvgIpc) is 3.26. The molecule has 0 saturated carbocycles. The number of amides is 3. The molecule has 2 aromatic heterocycles. The van der Waals surface area contributed by atoms with Gasteiger partial charge < -0.3 is 15.5 Å². The van der Waals surface area contributed by atoms with Gasteiger partial charge in [0, 0.05) is 24.7 Å².